The van der Waals surface area contributed by atoms with Gasteiger partial charge >= 0.3 is 0 Å². The molecule has 5 nitrogen and oxygen atoms in total. The lowest BCUT2D eigenvalue weighted by Crippen LogP contribution is -2.13. The molecule has 0 radical (unpaired) electrons. The van der Waals surface area contributed by atoms with E-state index in [0.717, 1.165) is 22.6 Å². The van der Waals surface area contributed by atoms with Crippen molar-refractivity contribution in [1.29, 1.82) is 0 Å². The summed E-state index contributed by atoms with van der Waals surface area (Å²) in [6.07, 6.45) is 0. The van der Waals surface area contributed by atoms with Crippen LogP contribution < -0.4 is 14.2 Å². The second kappa shape index (κ2) is 8.91. The van der Waals surface area contributed by atoms with Gasteiger partial charge in [-0.1, -0.05) is 30.3 Å². The second-order valence-corrected chi connectivity index (χ2v) is 7.20. The molecule has 0 unspecified atom stereocenters. The lowest BCUT2D eigenvalue weighted by atomic mass is 10.1. The summed E-state index contributed by atoms with van der Waals surface area (Å²) in [6, 6.07) is 21.9. The number of fused-ring (bicyclic) bond motifs is 1. The number of benzene rings is 3. The Bertz CT molecular complexity index is 1150. The van der Waals surface area contributed by atoms with E-state index in [-0.39, 0.29) is 0 Å². The van der Waals surface area contributed by atoms with Gasteiger partial charge in [-0.15, -0.1) is 0 Å². The summed E-state index contributed by atoms with van der Waals surface area (Å²) >= 11 is 0. The molecule has 4 aromatic rings. The minimum atomic E-state index is 0.346. The Balaban J connectivity index is 1.52. The molecule has 1 heterocycles. The van der Waals surface area contributed by atoms with Crippen molar-refractivity contribution < 1.29 is 14.2 Å². The van der Waals surface area contributed by atoms with Crippen LogP contribution in [0.5, 0.6) is 17.2 Å². The van der Waals surface area contributed by atoms with Gasteiger partial charge in [0.25, 0.3) is 0 Å². The zero-order chi connectivity index (χ0) is 20.9. The minimum absolute atomic E-state index is 0.346. The summed E-state index contributed by atoms with van der Waals surface area (Å²) in [5, 5.41) is 0. The molecule has 0 atom stereocenters. The van der Waals surface area contributed by atoms with E-state index in [0.29, 0.717) is 31.3 Å². The van der Waals surface area contributed by atoms with E-state index >= 15 is 0 Å². The summed E-state index contributed by atoms with van der Waals surface area (Å²) in [7, 11) is 1.64. The number of ether oxygens (including phenoxy) is 3. The zero-order valence-corrected chi connectivity index (χ0v) is 17.6. The first kappa shape index (κ1) is 19.8. The van der Waals surface area contributed by atoms with Gasteiger partial charge in [-0.05, 0) is 61.4 Å². The Morgan fingerprint density at radius 3 is 2.40 bits per heavy atom. The van der Waals surface area contributed by atoms with Crippen LogP contribution in [0.4, 0.5) is 0 Å². The Morgan fingerprint density at radius 2 is 1.60 bits per heavy atom. The van der Waals surface area contributed by atoms with E-state index in [1.807, 2.05) is 48.5 Å². The van der Waals surface area contributed by atoms with E-state index in [9.17, 15) is 0 Å². The fraction of sp³-hybridized carbons (Fsp3) is 0.240. The van der Waals surface area contributed by atoms with Crippen molar-refractivity contribution in [2.45, 2.75) is 27.0 Å². The highest BCUT2D eigenvalue weighted by atomic mass is 16.5. The summed E-state index contributed by atoms with van der Waals surface area (Å²) in [5.41, 5.74) is 4.51. The van der Waals surface area contributed by atoms with Gasteiger partial charge in [-0.25, -0.2) is 4.98 Å². The smallest absolute Gasteiger partial charge is 0.161 e. The first-order chi connectivity index (χ1) is 14.7. The van der Waals surface area contributed by atoms with Gasteiger partial charge < -0.3 is 18.8 Å². The number of methoxy groups -OCH3 is 1. The molecule has 0 aliphatic heterocycles. The molecule has 5 heteroatoms. The molecule has 0 saturated carbocycles. The highest BCUT2D eigenvalue weighted by molar-refractivity contribution is 5.75. The third-order valence-electron chi connectivity index (χ3n) is 5.22. The number of aromatic nitrogens is 2. The van der Waals surface area contributed by atoms with Crippen LogP contribution in [0.2, 0.25) is 0 Å². The maximum Gasteiger partial charge on any atom is 0.161 e. The summed E-state index contributed by atoms with van der Waals surface area (Å²) in [5.74, 6) is 3.14. The zero-order valence-electron chi connectivity index (χ0n) is 17.6. The molecule has 0 bridgehead atoms. The van der Waals surface area contributed by atoms with Crippen molar-refractivity contribution in [3.05, 3.63) is 83.7 Å². The number of hydrogen-bond donors (Lipinski definition) is 0. The van der Waals surface area contributed by atoms with Crippen molar-refractivity contribution in [2.24, 2.45) is 0 Å². The average Bonchev–Trinajstić information content (AvgIpc) is 3.12. The van der Waals surface area contributed by atoms with E-state index in [1.54, 1.807) is 7.11 Å². The fourth-order valence-electron chi connectivity index (χ4n) is 3.42. The SMILES string of the molecule is COc1ccccc1OCc1nc2ccccc2n1CCOc1ccc(C)c(C)c1. The van der Waals surface area contributed by atoms with Gasteiger partial charge in [0.2, 0.25) is 0 Å². The van der Waals surface area contributed by atoms with Crippen molar-refractivity contribution >= 4 is 11.0 Å². The summed E-state index contributed by atoms with van der Waals surface area (Å²) in [6.45, 7) is 5.77. The van der Waals surface area contributed by atoms with E-state index in [1.165, 1.54) is 11.1 Å². The lowest BCUT2D eigenvalue weighted by molar-refractivity contribution is 0.262. The van der Waals surface area contributed by atoms with Gasteiger partial charge in [0.1, 0.15) is 24.8 Å². The largest absolute Gasteiger partial charge is 0.493 e. The Labute approximate surface area is 176 Å². The van der Waals surface area contributed by atoms with Crippen LogP contribution in [0.3, 0.4) is 0 Å². The Morgan fingerprint density at radius 1 is 0.833 bits per heavy atom. The number of aryl methyl sites for hydroxylation is 2. The van der Waals surface area contributed by atoms with Crippen molar-refractivity contribution in [3.8, 4) is 17.2 Å². The van der Waals surface area contributed by atoms with Crippen molar-refractivity contribution in [2.75, 3.05) is 13.7 Å². The first-order valence-corrected chi connectivity index (χ1v) is 10.1. The molecule has 1 aromatic heterocycles. The third-order valence-corrected chi connectivity index (χ3v) is 5.22. The molecule has 0 aliphatic carbocycles. The van der Waals surface area contributed by atoms with Crippen molar-refractivity contribution in [1.82, 2.24) is 9.55 Å². The molecule has 0 fully saturated rings. The number of nitrogens with zero attached hydrogens (tertiary/aromatic N) is 2. The predicted molar refractivity (Wildman–Crippen MR) is 118 cm³/mol. The molecular formula is C25H26N2O3. The molecule has 0 N–H and O–H groups in total. The van der Waals surface area contributed by atoms with Crippen LogP contribution in [-0.2, 0) is 13.2 Å². The van der Waals surface area contributed by atoms with Crippen LogP contribution >= 0.6 is 0 Å². The third kappa shape index (κ3) is 4.25. The maximum atomic E-state index is 6.03. The average molecular weight is 402 g/mol. The fourth-order valence-corrected chi connectivity index (χ4v) is 3.42. The standard InChI is InChI=1S/C25H26N2O3/c1-18-12-13-20(16-19(18)2)29-15-14-27-22-9-5-4-8-21(22)26-25(27)17-30-24-11-7-6-10-23(24)28-3/h4-13,16H,14-15,17H2,1-3H3. The summed E-state index contributed by atoms with van der Waals surface area (Å²) in [4.78, 5) is 4.78. The van der Waals surface area contributed by atoms with Gasteiger partial charge in [-0.2, -0.15) is 0 Å². The predicted octanol–water partition coefficient (Wildman–Crippen LogP) is 5.32. The molecule has 4 rings (SSSR count). The van der Waals surface area contributed by atoms with Gasteiger partial charge in [0.15, 0.2) is 11.5 Å². The number of imidazole rings is 1. The highest BCUT2D eigenvalue weighted by Crippen LogP contribution is 2.27. The van der Waals surface area contributed by atoms with Crippen LogP contribution in [0.25, 0.3) is 11.0 Å². The second-order valence-electron chi connectivity index (χ2n) is 7.20. The number of hydrogen-bond acceptors (Lipinski definition) is 4. The quantitative estimate of drug-likeness (QED) is 0.400. The maximum absolute atomic E-state index is 6.03. The Kier molecular flexibility index (Phi) is 5.89. The van der Waals surface area contributed by atoms with Gasteiger partial charge in [0.05, 0.1) is 24.7 Å². The normalized spacial score (nSPS) is 10.9. The Hall–Kier alpha value is -3.47. The summed E-state index contributed by atoms with van der Waals surface area (Å²) < 4.78 is 19.6. The molecule has 0 aliphatic rings. The number of para-hydroxylation sites is 4. The van der Waals surface area contributed by atoms with Crippen LogP contribution in [0, 0.1) is 13.8 Å². The molecular weight excluding hydrogens is 376 g/mol. The molecule has 0 saturated heterocycles. The molecule has 0 spiro atoms. The first-order valence-electron chi connectivity index (χ1n) is 10.1. The topological polar surface area (TPSA) is 45.5 Å². The lowest BCUT2D eigenvalue weighted by Gasteiger charge is -2.13. The van der Waals surface area contributed by atoms with Crippen LogP contribution in [-0.4, -0.2) is 23.3 Å². The molecule has 154 valence electrons. The molecule has 30 heavy (non-hydrogen) atoms. The van der Waals surface area contributed by atoms with Crippen LogP contribution in [0.1, 0.15) is 17.0 Å². The van der Waals surface area contributed by atoms with Crippen molar-refractivity contribution in [3.63, 3.8) is 0 Å². The van der Waals surface area contributed by atoms with Gasteiger partial charge in [0, 0.05) is 0 Å². The van der Waals surface area contributed by atoms with E-state index < -0.39 is 0 Å². The van der Waals surface area contributed by atoms with E-state index in [4.69, 9.17) is 19.2 Å². The van der Waals surface area contributed by atoms with E-state index in [2.05, 4.69) is 36.6 Å². The minimum Gasteiger partial charge on any atom is -0.493 e. The highest BCUT2D eigenvalue weighted by Gasteiger charge is 2.12. The molecule has 3 aromatic carbocycles. The monoisotopic (exact) mass is 402 g/mol. The van der Waals surface area contributed by atoms with Gasteiger partial charge in [-0.3, -0.25) is 0 Å². The van der Waals surface area contributed by atoms with Crippen LogP contribution in [0.15, 0.2) is 66.7 Å². The molecule has 0 amide bonds. The number of rotatable bonds is 8.